The summed E-state index contributed by atoms with van der Waals surface area (Å²) in [5, 5.41) is 6.06. The van der Waals surface area contributed by atoms with Crippen molar-refractivity contribution in [2.24, 2.45) is 0 Å². The molecule has 0 aromatic carbocycles. The highest BCUT2D eigenvalue weighted by Crippen LogP contribution is 2.14. The number of fused-ring (bicyclic) bond motifs is 2. The zero-order chi connectivity index (χ0) is 6.27. The van der Waals surface area contributed by atoms with E-state index in [0.29, 0.717) is 6.04 Å². The maximum Gasteiger partial charge on any atom is 0.237 e. The molecule has 1 amide bonds. The smallest absolute Gasteiger partial charge is 0.237 e. The summed E-state index contributed by atoms with van der Waals surface area (Å²) in [7, 11) is 0. The van der Waals surface area contributed by atoms with Gasteiger partial charge in [-0.1, -0.05) is 0 Å². The highest BCUT2D eigenvalue weighted by Gasteiger charge is 2.34. The summed E-state index contributed by atoms with van der Waals surface area (Å²) in [5.41, 5.74) is 0. The van der Waals surface area contributed by atoms with Gasteiger partial charge in [0.15, 0.2) is 0 Å². The van der Waals surface area contributed by atoms with Gasteiger partial charge in [-0.15, -0.1) is 0 Å². The molecule has 2 fully saturated rings. The zero-order valence-electron chi connectivity index (χ0n) is 5.18. The molecule has 2 aliphatic heterocycles. The van der Waals surface area contributed by atoms with Crippen LogP contribution in [0.15, 0.2) is 0 Å². The van der Waals surface area contributed by atoms with Gasteiger partial charge in [-0.25, -0.2) is 0 Å². The Kier molecular flexibility index (Phi) is 0.990. The molecule has 0 unspecified atom stereocenters. The summed E-state index contributed by atoms with van der Waals surface area (Å²) in [5.74, 6) is 0.192. The second kappa shape index (κ2) is 1.70. The minimum Gasteiger partial charge on any atom is -0.352 e. The molecule has 2 bridgehead atoms. The van der Waals surface area contributed by atoms with Crippen molar-refractivity contribution < 1.29 is 4.79 Å². The molecule has 2 saturated heterocycles. The van der Waals surface area contributed by atoms with Gasteiger partial charge >= 0.3 is 0 Å². The van der Waals surface area contributed by atoms with E-state index in [-0.39, 0.29) is 11.9 Å². The third-order valence-electron chi connectivity index (χ3n) is 2.07. The summed E-state index contributed by atoms with van der Waals surface area (Å²) < 4.78 is 0. The summed E-state index contributed by atoms with van der Waals surface area (Å²) in [6, 6.07) is 0.604. The Morgan fingerprint density at radius 2 is 2.44 bits per heavy atom. The number of hydrogen-bond acceptors (Lipinski definition) is 2. The van der Waals surface area contributed by atoms with Crippen molar-refractivity contribution in [3.63, 3.8) is 0 Å². The highest BCUT2D eigenvalue weighted by atomic mass is 16.2. The first-order valence-corrected chi connectivity index (χ1v) is 3.40. The van der Waals surface area contributed by atoms with Crippen LogP contribution in [-0.4, -0.2) is 24.5 Å². The number of carbonyl (C=O) groups is 1. The maximum atomic E-state index is 10.9. The van der Waals surface area contributed by atoms with Crippen LogP contribution in [0.2, 0.25) is 0 Å². The number of nitrogens with one attached hydrogen (secondary N) is 2. The Morgan fingerprint density at radius 3 is 3.11 bits per heavy atom. The Labute approximate surface area is 53.8 Å². The largest absolute Gasteiger partial charge is 0.352 e. The first-order valence-electron chi connectivity index (χ1n) is 3.40. The second-order valence-corrected chi connectivity index (χ2v) is 2.74. The lowest BCUT2D eigenvalue weighted by molar-refractivity contribution is -0.120. The van der Waals surface area contributed by atoms with E-state index in [1.54, 1.807) is 0 Å². The Morgan fingerprint density at radius 1 is 1.56 bits per heavy atom. The molecule has 0 aromatic rings. The summed E-state index contributed by atoms with van der Waals surface area (Å²) in [6.07, 6.45) is 2.10. The van der Waals surface area contributed by atoms with E-state index in [4.69, 9.17) is 0 Å². The summed E-state index contributed by atoms with van der Waals surface area (Å²) in [6.45, 7) is 0.994. The van der Waals surface area contributed by atoms with Gasteiger partial charge in [-0.2, -0.15) is 0 Å². The van der Waals surface area contributed by atoms with Crippen molar-refractivity contribution in [1.29, 1.82) is 0 Å². The lowest BCUT2D eigenvalue weighted by Gasteiger charge is -2.16. The van der Waals surface area contributed by atoms with Crippen LogP contribution in [0.25, 0.3) is 0 Å². The molecule has 0 radical (unpaired) electrons. The molecule has 0 aliphatic carbocycles. The molecule has 2 atom stereocenters. The minimum absolute atomic E-state index is 0.128. The fourth-order valence-electron chi connectivity index (χ4n) is 1.55. The van der Waals surface area contributed by atoms with E-state index in [2.05, 4.69) is 10.6 Å². The predicted octanol–water partition coefficient (Wildman–Crippen LogP) is -0.763. The predicted molar refractivity (Wildman–Crippen MR) is 33.0 cm³/mol. The molecule has 0 saturated carbocycles. The number of piperidine rings is 1. The van der Waals surface area contributed by atoms with Crippen molar-refractivity contribution >= 4 is 5.91 Å². The van der Waals surface area contributed by atoms with Crippen LogP contribution >= 0.6 is 0 Å². The van der Waals surface area contributed by atoms with Gasteiger partial charge in [0.2, 0.25) is 5.91 Å². The Bertz CT molecular complexity index is 146. The zero-order valence-corrected chi connectivity index (χ0v) is 5.18. The van der Waals surface area contributed by atoms with E-state index < -0.39 is 0 Å². The molecular weight excluding hydrogens is 116 g/mol. The van der Waals surface area contributed by atoms with Crippen molar-refractivity contribution in [3.8, 4) is 0 Å². The summed E-state index contributed by atoms with van der Waals surface area (Å²) >= 11 is 0. The standard InChI is InChI=1S/C6H10N2O/c9-6-5-3-4(8-6)1-2-7-5/h4-5,7H,1-3H2,(H,8,9)/t4-,5+/m0/s1. The van der Waals surface area contributed by atoms with Crippen molar-refractivity contribution in [2.45, 2.75) is 24.9 Å². The van der Waals surface area contributed by atoms with Gasteiger partial charge in [0.25, 0.3) is 0 Å². The summed E-state index contributed by atoms with van der Waals surface area (Å²) in [4.78, 5) is 10.9. The normalized spacial score (nSPS) is 40.7. The van der Waals surface area contributed by atoms with Crippen LogP contribution in [-0.2, 0) is 4.79 Å². The second-order valence-electron chi connectivity index (χ2n) is 2.74. The lowest BCUT2D eigenvalue weighted by Crippen LogP contribution is -2.36. The first-order chi connectivity index (χ1) is 4.36. The van der Waals surface area contributed by atoms with Crippen LogP contribution in [0.1, 0.15) is 12.8 Å². The molecule has 0 spiro atoms. The van der Waals surface area contributed by atoms with Crippen LogP contribution in [0.4, 0.5) is 0 Å². The fourth-order valence-corrected chi connectivity index (χ4v) is 1.55. The van der Waals surface area contributed by atoms with E-state index in [0.717, 1.165) is 19.4 Å². The highest BCUT2D eigenvalue weighted by molar-refractivity contribution is 5.84. The van der Waals surface area contributed by atoms with Crippen LogP contribution in [0.3, 0.4) is 0 Å². The molecule has 3 nitrogen and oxygen atoms in total. The van der Waals surface area contributed by atoms with Gasteiger partial charge < -0.3 is 10.6 Å². The van der Waals surface area contributed by atoms with E-state index in [1.165, 1.54) is 0 Å². The monoisotopic (exact) mass is 126 g/mol. The Hall–Kier alpha value is -0.570. The topological polar surface area (TPSA) is 41.1 Å². The van der Waals surface area contributed by atoms with Gasteiger partial charge in [-0.3, -0.25) is 4.79 Å². The Balaban J connectivity index is 2.15. The molecule has 2 N–H and O–H groups in total. The molecule has 2 rings (SSSR count). The van der Waals surface area contributed by atoms with E-state index >= 15 is 0 Å². The number of carbonyl (C=O) groups excluding carboxylic acids is 1. The fraction of sp³-hybridized carbons (Fsp3) is 0.833. The first kappa shape index (κ1) is 5.23. The van der Waals surface area contributed by atoms with Gasteiger partial charge in [0, 0.05) is 6.04 Å². The molecule has 2 aliphatic rings. The van der Waals surface area contributed by atoms with Gasteiger partial charge in [0.05, 0.1) is 6.04 Å². The SMILES string of the molecule is O=C1N[C@H]2CCN[C@@H]1C2. The molecule has 2 heterocycles. The van der Waals surface area contributed by atoms with Crippen molar-refractivity contribution in [1.82, 2.24) is 10.6 Å². The third-order valence-corrected chi connectivity index (χ3v) is 2.07. The molecule has 50 valence electrons. The average Bonchev–Trinajstić information content (AvgIpc) is 2.09. The lowest BCUT2D eigenvalue weighted by atomic mass is 10.1. The van der Waals surface area contributed by atoms with Crippen LogP contribution in [0, 0.1) is 0 Å². The molecular formula is C6H10N2O. The van der Waals surface area contributed by atoms with Gasteiger partial charge in [-0.05, 0) is 19.4 Å². The molecule has 9 heavy (non-hydrogen) atoms. The minimum atomic E-state index is 0.128. The number of rotatable bonds is 0. The number of amides is 1. The average molecular weight is 126 g/mol. The van der Waals surface area contributed by atoms with Crippen LogP contribution < -0.4 is 10.6 Å². The maximum absolute atomic E-state index is 10.9. The quantitative estimate of drug-likeness (QED) is 0.448. The van der Waals surface area contributed by atoms with Crippen LogP contribution in [0.5, 0.6) is 0 Å². The van der Waals surface area contributed by atoms with E-state index in [1.807, 2.05) is 0 Å². The molecule has 0 aromatic heterocycles. The molecule has 3 heteroatoms. The van der Waals surface area contributed by atoms with Crippen molar-refractivity contribution in [3.05, 3.63) is 0 Å². The van der Waals surface area contributed by atoms with Crippen molar-refractivity contribution in [2.75, 3.05) is 6.54 Å². The third kappa shape index (κ3) is 0.721. The number of hydrogen-bond donors (Lipinski definition) is 2. The van der Waals surface area contributed by atoms with E-state index in [9.17, 15) is 4.79 Å². The van der Waals surface area contributed by atoms with Gasteiger partial charge in [0.1, 0.15) is 0 Å².